The molecule has 4 heterocycles. The Morgan fingerprint density at radius 3 is 2.81 bits per heavy atom. The summed E-state index contributed by atoms with van der Waals surface area (Å²) in [6.45, 7) is 8.24. The fourth-order valence-corrected chi connectivity index (χ4v) is 3.16. The lowest BCUT2D eigenvalue weighted by atomic mass is 10.1. The molecule has 4 rings (SSSR count). The number of hydrogen-bond donors (Lipinski definition) is 2. The summed E-state index contributed by atoms with van der Waals surface area (Å²) in [5.74, 6) is 1.58. The van der Waals surface area contributed by atoms with Crippen molar-refractivity contribution in [3.05, 3.63) is 22.4 Å². The average molecular weight is 289 g/mol. The largest absolute Gasteiger partial charge is 0.353 e. The number of aromatic amines is 1. The monoisotopic (exact) mass is 289 g/mol. The van der Waals surface area contributed by atoms with E-state index in [-0.39, 0.29) is 5.69 Å². The molecular weight excluding hydrogens is 270 g/mol. The van der Waals surface area contributed by atoms with E-state index >= 15 is 0 Å². The third-order valence-corrected chi connectivity index (χ3v) is 4.41. The SMILES string of the molecule is Cc1nc(N2CC(N3CCNCC3)C2)cc2n[nH]c(=O)n12. The molecule has 0 saturated carbocycles. The first-order chi connectivity index (χ1) is 10.2. The van der Waals surface area contributed by atoms with Crippen LogP contribution in [0.1, 0.15) is 5.82 Å². The molecule has 112 valence electrons. The lowest BCUT2D eigenvalue weighted by molar-refractivity contribution is 0.147. The van der Waals surface area contributed by atoms with Crippen molar-refractivity contribution in [3.8, 4) is 0 Å². The molecule has 0 unspecified atom stereocenters. The Kier molecular flexibility index (Phi) is 2.93. The van der Waals surface area contributed by atoms with Crippen LogP contribution in [0.2, 0.25) is 0 Å². The molecule has 2 aromatic rings. The topological polar surface area (TPSA) is 81.6 Å². The van der Waals surface area contributed by atoms with Gasteiger partial charge in [-0.3, -0.25) is 4.90 Å². The summed E-state index contributed by atoms with van der Waals surface area (Å²) >= 11 is 0. The second-order valence-electron chi connectivity index (χ2n) is 5.73. The minimum atomic E-state index is -0.233. The van der Waals surface area contributed by atoms with Gasteiger partial charge in [-0.25, -0.2) is 19.3 Å². The molecule has 2 fully saturated rings. The van der Waals surface area contributed by atoms with Crippen LogP contribution < -0.4 is 15.9 Å². The number of nitrogens with one attached hydrogen (secondary N) is 2. The van der Waals surface area contributed by atoms with E-state index in [1.54, 1.807) is 0 Å². The van der Waals surface area contributed by atoms with Gasteiger partial charge in [0.15, 0.2) is 5.65 Å². The lowest BCUT2D eigenvalue weighted by Crippen LogP contribution is -2.63. The molecule has 8 heteroatoms. The van der Waals surface area contributed by atoms with E-state index < -0.39 is 0 Å². The molecule has 0 radical (unpaired) electrons. The zero-order chi connectivity index (χ0) is 14.4. The molecule has 0 spiro atoms. The highest BCUT2D eigenvalue weighted by Crippen LogP contribution is 2.23. The Balaban J connectivity index is 1.52. The Morgan fingerprint density at radius 2 is 2.05 bits per heavy atom. The first kappa shape index (κ1) is 12.8. The average Bonchev–Trinajstić information content (AvgIpc) is 2.80. The zero-order valence-electron chi connectivity index (χ0n) is 12.0. The molecule has 2 aliphatic heterocycles. The molecule has 0 aliphatic carbocycles. The van der Waals surface area contributed by atoms with Gasteiger partial charge in [-0.15, -0.1) is 0 Å². The second kappa shape index (κ2) is 4.81. The third kappa shape index (κ3) is 2.11. The van der Waals surface area contributed by atoms with Crippen molar-refractivity contribution in [2.24, 2.45) is 0 Å². The van der Waals surface area contributed by atoms with Crippen molar-refractivity contribution in [2.45, 2.75) is 13.0 Å². The van der Waals surface area contributed by atoms with Gasteiger partial charge in [0.1, 0.15) is 11.6 Å². The van der Waals surface area contributed by atoms with Gasteiger partial charge in [0.2, 0.25) is 0 Å². The molecule has 21 heavy (non-hydrogen) atoms. The number of aromatic nitrogens is 4. The van der Waals surface area contributed by atoms with Crippen LogP contribution in [0.25, 0.3) is 5.65 Å². The first-order valence-electron chi connectivity index (χ1n) is 7.37. The van der Waals surface area contributed by atoms with Gasteiger partial charge < -0.3 is 10.2 Å². The van der Waals surface area contributed by atoms with Crippen LogP contribution in [-0.4, -0.2) is 69.8 Å². The van der Waals surface area contributed by atoms with Gasteiger partial charge in [0.05, 0.1) is 0 Å². The standard InChI is InChI=1S/C13H19N7O/c1-9-15-11(6-12-16-17-13(21)20(9)12)19-7-10(8-19)18-4-2-14-3-5-18/h6,10,14H,2-5,7-8H2,1H3,(H,17,21). The quantitative estimate of drug-likeness (QED) is 0.724. The number of H-pyrrole nitrogens is 1. The first-order valence-corrected chi connectivity index (χ1v) is 7.37. The molecule has 2 saturated heterocycles. The van der Waals surface area contributed by atoms with Crippen molar-refractivity contribution in [1.82, 2.24) is 29.8 Å². The maximum atomic E-state index is 11.6. The molecule has 2 aromatic heterocycles. The summed E-state index contributed by atoms with van der Waals surface area (Å²) in [5, 5.41) is 9.87. The van der Waals surface area contributed by atoms with E-state index in [2.05, 4.69) is 30.3 Å². The molecule has 0 amide bonds. The minimum absolute atomic E-state index is 0.233. The predicted molar refractivity (Wildman–Crippen MR) is 78.8 cm³/mol. The van der Waals surface area contributed by atoms with E-state index in [1.807, 2.05) is 13.0 Å². The predicted octanol–water partition coefficient (Wildman–Crippen LogP) is -1.18. The molecule has 0 atom stereocenters. The number of piperazine rings is 1. The Bertz CT molecular complexity index is 709. The fourth-order valence-electron chi connectivity index (χ4n) is 3.16. The smallest absolute Gasteiger partial charge is 0.349 e. The van der Waals surface area contributed by atoms with Gasteiger partial charge in [-0.05, 0) is 6.92 Å². The van der Waals surface area contributed by atoms with Crippen LogP contribution in [0, 0.1) is 6.92 Å². The van der Waals surface area contributed by atoms with E-state index in [0.29, 0.717) is 17.5 Å². The van der Waals surface area contributed by atoms with Crippen LogP contribution in [-0.2, 0) is 0 Å². The number of rotatable bonds is 2. The third-order valence-electron chi connectivity index (χ3n) is 4.41. The summed E-state index contributed by atoms with van der Waals surface area (Å²) < 4.78 is 1.50. The van der Waals surface area contributed by atoms with Crippen molar-refractivity contribution >= 4 is 11.5 Å². The van der Waals surface area contributed by atoms with Crippen molar-refractivity contribution in [2.75, 3.05) is 44.2 Å². The Labute approximate surface area is 121 Å². The molecule has 8 nitrogen and oxygen atoms in total. The second-order valence-corrected chi connectivity index (χ2v) is 5.73. The van der Waals surface area contributed by atoms with Crippen molar-refractivity contribution < 1.29 is 0 Å². The van der Waals surface area contributed by atoms with E-state index in [9.17, 15) is 4.79 Å². The summed E-state index contributed by atoms with van der Waals surface area (Å²) in [5.41, 5.74) is 0.400. The zero-order valence-corrected chi connectivity index (χ0v) is 12.0. The maximum Gasteiger partial charge on any atom is 0.349 e. The summed E-state index contributed by atoms with van der Waals surface area (Å²) in [6, 6.07) is 2.49. The van der Waals surface area contributed by atoms with Crippen molar-refractivity contribution in [3.63, 3.8) is 0 Å². The fraction of sp³-hybridized carbons (Fsp3) is 0.615. The number of nitrogens with zero attached hydrogens (tertiary/aromatic N) is 5. The highest BCUT2D eigenvalue weighted by Gasteiger charge is 2.33. The van der Waals surface area contributed by atoms with Gasteiger partial charge >= 0.3 is 5.69 Å². The Morgan fingerprint density at radius 1 is 1.29 bits per heavy atom. The maximum absolute atomic E-state index is 11.6. The highest BCUT2D eigenvalue weighted by molar-refractivity contribution is 5.53. The van der Waals surface area contributed by atoms with Crippen LogP contribution in [0.5, 0.6) is 0 Å². The highest BCUT2D eigenvalue weighted by atomic mass is 16.1. The Hall–Kier alpha value is -1.93. The van der Waals surface area contributed by atoms with Crippen LogP contribution in [0.15, 0.2) is 10.9 Å². The van der Waals surface area contributed by atoms with Gasteiger partial charge in [0, 0.05) is 51.4 Å². The van der Waals surface area contributed by atoms with E-state index in [1.165, 1.54) is 4.40 Å². The molecule has 0 bridgehead atoms. The summed E-state index contributed by atoms with van der Waals surface area (Å²) in [6.07, 6.45) is 0. The molecule has 2 aliphatic rings. The molecule has 0 aromatic carbocycles. The number of fused-ring (bicyclic) bond motifs is 1. The number of anilines is 1. The van der Waals surface area contributed by atoms with E-state index in [0.717, 1.165) is 45.1 Å². The normalized spacial score (nSPS) is 20.9. The number of hydrogen-bond acceptors (Lipinski definition) is 6. The number of aryl methyl sites for hydroxylation is 1. The van der Waals surface area contributed by atoms with Gasteiger partial charge in [-0.2, -0.15) is 5.10 Å². The minimum Gasteiger partial charge on any atom is -0.353 e. The summed E-state index contributed by atoms with van der Waals surface area (Å²) in [7, 11) is 0. The van der Waals surface area contributed by atoms with Gasteiger partial charge in [-0.1, -0.05) is 0 Å². The van der Waals surface area contributed by atoms with E-state index in [4.69, 9.17) is 0 Å². The molecular formula is C13H19N7O. The van der Waals surface area contributed by atoms with Gasteiger partial charge in [0.25, 0.3) is 0 Å². The lowest BCUT2D eigenvalue weighted by Gasteiger charge is -2.47. The van der Waals surface area contributed by atoms with Crippen LogP contribution >= 0.6 is 0 Å². The van der Waals surface area contributed by atoms with Crippen molar-refractivity contribution in [1.29, 1.82) is 0 Å². The van der Waals surface area contributed by atoms with Crippen LogP contribution in [0.4, 0.5) is 5.82 Å². The van der Waals surface area contributed by atoms with Crippen LogP contribution in [0.3, 0.4) is 0 Å². The summed E-state index contributed by atoms with van der Waals surface area (Å²) in [4.78, 5) is 20.9. The molecule has 2 N–H and O–H groups in total.